The summed E-state index contributed by atoms with van der Waals surface area (Å²) in [7, 11) is 0. The Morgan fingerprint density at radius 2 is 2.08 bits per heavy atom. The van der Waals surface area contributed by atoms with Crippen LogP contribution in [-0.4, -0.2) is 41.7 Å². The second kappa shape index (κ2) is 7.66. The van der Waals surface area contributed by atoms with Gasteiger partial charge in [0.2, 0.25) is 0 Å². The predicted octanol–water partition coefficient (Wildman–Crippen LogP) is 2.89. The quantitative estimate of drug-likeness (QED) is 0.836. The Kier molecular flexibility index (Phi) is 5.35. The highest BCUT2D eigenvalue weighted by molar-refractivity contribution is 6.32. The standard InChI is InChI=1S/C18H19ClN2O3/c19-15-10-14(6-7-16(15)22)20-18(23)17-12-21(8-9-24-17)11-13-4-2-1-3-5-13/h1-7,10,17,22H,8-9,11-12H2,(H,20,23)/t17-/m0/s1. The van der Waals surface area contributed by atoms with Gasteiger partial charge in [0.05, 0.1) is 11.6 Å². The van der Waals surface area contributed by atoms with Crippen molar-refractivity contribution in [3.05, 3.63) is 59.1 Å². The number of nitrogens with one attached hydrogen (secondary N) is 1. The van der Waals surface area contributed by atoms with Crippen molar-refractivity contribution < 1.29 is 14.6 Å². The molecule has 2 aromatic rings. The Bertz CT molecular complexity index is 709. The number of aromatic hydroxyl groups is 1. The lowest BCUT2D eigenvalue weighted by atomic mass is 10.2. The number of amides is 1. The zero-order chi connectivity index (χ0) is 16.9. The van der Waals surface area contributed by atoms with Crippen LogP contribution in [0.5, 0.6) is 5.75 Å². The fourth-order valence-electron chi connectivity index (χ4n) is 2.65. The number of morpholine rings is 1. The summed E-state index contributed by atoms with van der Waals surface area (Å²) >= 11 is 5.86. The summed E-state index contributed by atoms with van der Waals surface area (Å²) in [4.78, 5) is 14.6. The first kappa shape index (κ1) is 16.8. The van der Waals surface area contributed by atoms with Gasteiger partial charge in [0.25, 0.3) is 5.91 Å². The largest absolute Gasteiger partial charge is 0.506 e. The van der Waals surface area contributed by atoms with Crippen LogP contribution >= 0.6 is 11.6 Å². The number of carbonyl (C=O) groups excluding carboxylic acids is 1. The second-order valence-corrected chi connectivity index (χ2v) is 6.14. The molecular weight excluding hydrogens is 328 g/mol. The minimum Gasteiger partial charge on any atom is -0.506 e. The molecule has 2 N–H and O–H groups in total. The number of phenols is 1. The zero-order valence-electron chi connectivity index (χ0n) is 13.1. The lowest BCUT2D eigenvalue weighted by molar-refractivity contribution is -0.133. The maximum atomic E-state index is 12.4. The minimum atomic E-state index is -0.532. The van der Waals surface area contributed by atoms with Crippen molar-refractivity contribution in [2.45, 2.75) is 12.6 Å². The lowest BCUT2D eigenvalue weighted by Crippen LogP contribution is -2.47. The molecule has 126 valence electrons. The van der Waals surface area contributed by atoms with Gasteiger partial charge in [-0.05, 0) is 23.8 Å². The summed E-state index contributed by atoms with van der Waals surface area (Å²) < 4.78 is 5.60. The van der Waals surface area contributed by atoms with Crippen molar-refractivity contribution in [3.63, 3.8) is 0 Å². The highest BCUT2D eigenvalue weighted by atomic mass is 35.5. The fraction of sp³-hybridized carbons (Fsp3) is 0.278. The predicted molar refractivity (Wildman–Crippen MR) is 93.2 cm³/mol. The molecule has 24 heavy (non-hydrogen) atoms. The molecule has 1 aliphatic rings. The van der Waals surface area contributed by atoms with E-state index in [-0.39, 0.29) is 16.7 Å². The first-order valence-electron chi connectivity index (χ1n) is 7.79. The molecule has 5 nitrogen and oxygen atoms in total. The number of ether oxygens (including phenoxy) is 1. The summed E-state index contributed by atoms with van der Waals surface area (Å²) in [5.41, 5.74) is 1.75. The minimum absolute atomic E-state index is 0.0161. The molecule has 0 unspecified atom stereocenters. The highest BCUT2D eigenvalue weighted by Crippen LogP contribution is 2.26. The van der Waals surface area contributed by atoms with E-state index in [2.05, 4.69) is 22.3 Å². The number of hydrogen-bond donors (Lipinski definition) is 2. The van der Waals surface area contributed by atoms with Crippen LogP contribution in [0.1, 0.15) is 5.56 Å². The van der Waals surface area contributed by atoms with Crippen LogP contribution in [0.15, 0.2) is 48.5 Å². The average Bonchev–Trinajstić information content (AvgIpc) is 2.59. The van der Waals surface area contributed by atoms with Crippen LogP contribution in [0, 0.1) is 0 Å². The van der Waals surface area contributed by atoms with Gasteiger partial charge in [-0.1, -0.05) is 41.9 Å². The molecule has 1 amide bonds. The average molecular weight is 347 g/mol. The molecule has 1 atom stereocenters. The second-order valence-electron chi connectivity index (χ2n) is 5.74. The van der Waals surface area contributed by atoms with Crippen molar-refractivity contribution in [2.75, 3.05) is 25.0 Å². The van der Waals surface area contributed by atoms with Crippen LogP contribution < -0.4 is 5.32 Å². The van der Waals surface area contributed by atoms with E-state index in [0.717, 1.165) is 13.1 Å². The van der Waals surface area contributed by atoms with Crippen molar-refractivity contribution in [1.82, 2.24) is 4.90 Å². The third kappa shape index (κ3) is 4.26. The van der Waals surface area contributed by atoms with Gasteiger partial charge >= 0.3 is 0 Å². The molecule has 0 aliphatic carbocycles. The van der Waals surface area contributed by atoms with Crippen LogP contribution in [0.25, 0.3) is 0 Å². The molecule has 0 saturated carbocycles. The Hall–Kier alpha value is -2.08. The van der Waals surface area contributed by atoms with E-state index in [0.29, 0.717) is 18.8 Å². The number of hydrogen-bond acceptors (Lipinski definition) is 4. The molecule has 0 spiro atoms. The number of halogens is 1. The van der Waals surface area contributed by atoms with Crippen molar-refractivity contribution in [2.24, 2.45) is 0 Å². The van der Waals surface area contributed by atoms with Crippen LogP contribution in [0.4, 0.5) is 5.69 Å². The molecule has 0 radical (unpaired) electrons. The van der Waals surface area contributed by atoms with E-state index in [9.17, 15) is 9.90 Å². The van der Waals surface area contributed by atoms with E-state index < -0.39 is 6.10 Å². The summed E-state index contributed by atoms with van der Waals surface area (Å²) in [6.07, 6.45) is -0.532. The normalized spacial score (nSPS) is 18.3. The maximum absolute atomic E-state index is 12.4. The van der Waals surface area contributed by atoms with Gasteiger partial charge in [-0.25, -0.2) is 0 Å². The number of carbonyl (C=O) groups is 1. The topological polar surface area (TPSA) is 61.8 Å². The number of nitrogens with zero attached hydrogens (tertiary/aromatic N) is 1. The Balaban J connectivity index is 1.59. The number of benzene rings is 2. The third-order valence-corrected chi connectivity index (χ3v) is 4.21. The molecule has 1 heterocycles. The summed E-state index contributed by atoms with van der Waals surface area (Å²) in [6.45, 7) is 2.64. The molecule has 1 saturated heterocycles. The van der Waals surface area contributed by atoms with Crippen LogP contribution in [-0.2, 0) is 16.1 Å². The SMILES string of the molecule is O=C(Nc1ccc(O)c(Cl)c1)[C@@H]1CN(Cc2ccccc2)CCO1. The molecule has 0 bridgehead atoms. The number of phenolic OH excluding ortho intramolecular Hbond substituents is 1. The molecule has 2 aromatic carbocycles. The summed E-state index contributed by atoms with van der Waals surface area (Å²) in [6, 6.07) is 14.7. The zero-order valence-corrected chi connectivity index (χ0v) is 13.9. The third-order valence-electron chi connectivity index (χ3n) is 3.91. The Labute approximate surface area is 145 Å². The number of rotatable bonds is 4. The lowest BCUT2D eigenvalue weighted by Gasteiger charge is -2.32. The fourth-order valence-corrected chi connectivity index (χ4v) is 2.83. The molecule has 6 heteroatoms. The maximum Gasteiger partial charge on any atom is 0.254 e. The van der Waals surface area contributed by atoms with Crippen LogP contribution in [0.2, 0.25) is 5.02 Å². The van der Waals surface area contributed by atoms with Gasteiger partial charge in [0, 0.05) is 25.3 Å². The smallest absolute Gasteiger partial charge is 0.254 e. The van der Waals surface area contributed by atoms with Crippen molar-refractivity contribution >= 4 is 23.2 Å². The van der Waals surface area contributed by atoms with E-state index in [1.807, 2.05) is 18.2 Å². The summed E-state index contributed by atoms with van der Waals surface area (Å²) in [5, 5.41) is 12.4. The molecule has 1 fully saturated rings. The van der Waals surface area contributed by atoms with Crippen molar-refractivity contribution in [3.8, 4) is 5.75 Å². The van der Waals surface area contributed by atoms with Crippen LogP contribution in [0.3, 0.4) is 0 Å². The molecule has 1 aliphatic heterocycles. The first-order valence-corrected chi connectivity index (χ1v) is 8.17. The van der Waals surface area contributed by atoms with Gasteiger partial charge in [0.15, 0.2) is 0 Å². The first-order chi connectivity index (χ1) is 11.6. The van der Waals surface area contributed by atoms with Gasteiger partial charge in [-0.3, -0.25) is 9.69 Å². The van der Waals surface area contributed by atoms with Gasteiger partial charge in [-0.15, -0.1) is 0 Å². The van der Waals surface area contributed by atoms with Crippen molar-refractivity contribution in [1.29, 1.82) is 0 Å². The van der Waals surface area contributed by atoms with Gasteiger partial charge < -0.3 is 15.2 Å². The number of anilines is 1. The van der Waals surface area contributed by atoms with E-state index in [4.69, 9.17) is 16.3 Å². The monoisotopic (exact) mass is 346 g/mol. The van der Waals surface area contributed by atoms with E-state index >= 15 is 0 Å². The Morgan fingerprint density at radius 3 is 2.83 bits per heavy atom. The van der Waals surface area contributed by atoms with Gasteiger partial charge in [0.1, 0.15) is 11.9 Å². The van der Waals surface area contributed by atoms with Gasteiger partial charge in [-0.2, -0.15) is 0 Å². The summed E-state index contributed by atoms with van der Waals surface area (Å²) in [5.74, 6) is -0.230. The molecule has 3 rings (SSSR count). The van der Waals surface area contributed by atoms with E-state index in [1.165, 1.54) is 17.7 Å². The molecule has 0 aromatic heterocycles. The van der Waals surface area contributed by atoms with E-state index in [1.54, 1.807) is 6.07 Å². The Morgan fingerprint density at radius 1 is 1.29 bits per heavy atom. The molecular formula is C18H19ClN2O3. The highest BCUT2D eigenvalue weighted by Gasteiger charge is 2.26.